The predicted octanol–water partition coefficient (Wildman–Crippen LogP) is 1.57. The van der Waals surface area contributed by atoms with Crippen LogP contribution in [0.1, 0.15) is 36.8 Å². The number of carbonyl (C=O) groups is 2. The topological polar surface area (TPSA) is 111 Å². The molecule has 26 heavy (non-hydrogen) atoms. The maximum atomic E-state index is 12.8. The lowest BCUT2D eigenvalue weighted by Gasteiger charge is -2.46. The van der Waals surface area contributed by atoms with Crippen LogP contribution in [0.15, 0.2) is 18.2 Å². The molecule has 0 bridgehead atoms. The summed E-state index contributed by atoms with van der Waals surface area (Å²) in [4.78, 5) is 27.5. The fourth-order valence-corrected chi connectivity index (χ4v) is 4.16. The Morgan fingerprint density at radius 2 is 1.92 bits per heavy atom. The minimum absolute atomic E-state index is 0.00974. The molecule has 0 unspecified atom stereocenters. The van der Waals surface area contributed by atoms with Gasteiger partial charge in [0.25, 0.3) is 0 Å². The summed E-state index contributed by atoms with van der Waals surface area (Å²) in [5.41, 5.74) is 8.04. The molecule has 4 N–H and O–H groups in total. The van der Waals surface area contributed by atoms with Crippen molar-refractivity contribution in [2.24, 2.45) is 11.1 Å². The van der Waals surface area contributed by atoms with Gasteiger partial charge in [-0.15, -0.1) is 0 Å². The highest BCUT2D eigenvalue weighted by Gasteiger charge is 2.41. The van der Waals surface area contributed by atoms with Crippen LogP contribution in [-0.2, 0) is 9.59 Å². The predicted molar refractivity (Wildman–Crippen MR) is 99.5 cm³/mol. The maximum Gasteiger partial charge on any atom is 0.317 e. The average Bonchev–Trinajstić information content (AvgIpc) is 2.57. The number of nitrogens with two attached hydrogens (primary N) is 1. The minimum atomic E-state index is -0.795. The first-order valence-electron chi connectivity index (χ1n) is 8.99. The highest BCUT2D eigenvalue weighted by molar-refractivity contribution is 5.98. The molecular weight excluding hydrogens is 332 g/mol. The molecule has 7 nitrogen and oxygen atoms in total. The quantitative estimate of drug-likeness (QED) is 0.559. The number of aliphatic carboxylic acids is 1. The molecule has 3 rings (SSSR count). The van der Waals surface area contributed by atoms with Crippen molar-refractivity contribution in [3.8, 4) is 0 Å². The standard InChI is InChI=1S/C19H26N4O3/c1-13-10-14(18(20)21)2-3-15(13)23-9-6-19(11-16(23)24)4-7-22(8-5-19)12-17(25)26/h2-3,10H,4-9,11-12H2,1H3,(H3,20,21)(H,25,26). The lowest BCUT2D eigenvalue weighted by atomic mass is 9.71. The van der Waals surface area contributed by atoms with Crippen LogP contribution in [0.25, 0.3) is 0 Å². The van der Waals surface area contributed by atoms with Crippen LogP contribution < -0.4 is 10.6 Å². The second-order valence-corrected chi connectivity index (χ2v) is 7.56. The third kappa shape index (κ3) is 3.72. The molecule has 0 aromatic heterocycles. The van der Waals surface area contributed by atoms with Crippen molar-refractivity contribution in [3.05, 3.63) is 29.3 Å². The number of carbonyl (C=O) groups excluding carboxylic acids is 1. The van der Waals surface area contributed by atoms with Gasteiger partial charge in [-0.05, 0) is 68.5 Å². The van der Waals surface area contributed by atoms with E-state index in [2.05, 4.69) is 0 Å². The molecule has 2 aliphatic heterocycles. The van der Waals surface area contributed by atoms with Gasteiger partial charge in [0.05, 0.1) is 6.54 Å². The summed E-state index contributed by atoms with van der Waals surface area (Å²) >= 11 is 0. The van der Waals surface area contributed by atoms with Gasteiger partial charge in [0.2, 0.25) is 5.91 Å². The van der Waals surface area contributed by atoms with Gasteiger partial charge in [0, 0.05) is 24.2 Å². The van der Waals surface area contributed by atoms with Gasteiger partial charge in [0.15, 0.2) is 0 Å². The van der Waals surface area contributed by atoms with E-state index in [1.165, 1.54) is 0 Å². The van der Waals surface area contributed by atoms with E-state index < -0.39 is 5.97 Å². The monoisotopic (exact) mass is 358 g/mol. The number of nitrogen functional groups attached to an aromatic ring is 1. The Balaban J connectivity index is 1.67. The molecule has 0 radical (unpaired) electrons. The summed E-state index contributed by atoms with van der Waals surface area (Å²) in [6, 6.07) is 5.50. The van der Waals surface area contributed by atoms with E-state index in [9.17, 15) is 9.59 Å². The Bertz CT molecular complexity index is 738. The molecule has 0 saturated carbocycles. The molecule has 140 valence electrons. The number of hydrogen-bond donors (Lipinski definition) is 3. The summed E-state index contributed by atoms with van der Waals surface area (Å²) < 4.78 is 0. The fourth-order valence-electron chi connectivity index (χ4n) is 4.16. The normalized spacial score (nSPS) is 20.3. The van der Waals surface area contributed by atoms with Crippen LogP contribution in [0, 0.1) is 17.7 Å². The molecule has 7 heteroatoms. The van der Waals surface area contributed by atoms with Crippen LogP contribution in [0.3, 0.4) is 0 Å². The van der Waals surface area contributed by atoms with E-state index in [1.807, 2.05) is 28.9 Å². The van der Waals surface area contributed by atoms with Gasteiger partial charge in [-0.1, -0.05) is 0 Å². The van der Waals surface area contributed by atoms with Crippen LogP contribution in [0.5, 0.6) is 0 Å². The minimum Gasteiger partial charge on any atom is -0.480 e. The average molecular weight is 358 g/mol. The molecule has 2 saturated heterocycles. The number of hydrogen-bond acceptors (Lipinski definition) is 4. The third-order valence-corrected chi connectivity index (χ3v) is 5.77. The largest absolute Gasteiger partial charge is 0.480 e. The first-order valence-corrected chi connectivity index (χ1v) is 8.99. The second-order valence-electron chi connectivity index (χ2n) is 7.56. The van der Waals surface area contributed by atoms with Gasteiger partial charge in [-0.3, -0.25) is 19.9 Å². The molecule has 0 atom stereocenters. The van der Waals surface area contributed by atoms with E-state index in [4.69, 9.17) is 16.2 Å². The number of nitrogens with zero attached hydrogens (tertiary/aromatic N) is 2. The Hall–Kier alpha value is -2.41. The first-order chi connectivity index (χ1) is 12.3. The van der Waals surface area contributed by atoms with Crippen LogP contribution in [-0.4, -0.2) is 53.9 Å². The van der Waals surface area contributed by atoms with Gasteiger partial charge < -0.3 is 15.7 Å². The van der Waals surface area contributed by atoms with Gasteiger partial charge >= 0.3 is 5.97 Å². The highest BCUT2D eigenvalue weighted by Crippen LogP contribution is 2.43. The third-order valence-electron chi connectivity index (χ3n) is 5.77. The van der Waals surface area contributed by atoms with Crippen LogP contribution >= 0.6 is 0 Å². The molecule has 2 heterocycles. The van der Waals surface area contributed by atoms with Crippen molar-refractivity contribution in [2.45, 2.75) is 32.6 Å². The van der Waals surface area contributed by atoms with Gasteiger partial charge in [0.1, 0.15) is 5.84 Å². The van der Waals surface area contributed by atoms with E-state index >= 15 is 0 Å². The van der Waals surface area contributed by atoms with Crippen LogP contribution in [0.4, 0.5) is 5.69 Å². The molecule has 0 aliphatic carbocycles. The molecule has 1 amide bonds. The summed E-state index contributed by atoms with van der Waals surface area (Å²) in [6.07, 6.45) is 3.21. The van der Waals surface area contributed by atoms with Gasteiger partial charge in [-0.25, -0.2) is 0 Å². The number of carboxylic acids is 1. The maximum absolute atomic E-state index is 12.8. The molecule has 2 aliphatic rings. The zero-order valence-corrected chi connectivity index (χ0v) is 15.1. The smallest absolute Gasteiger partial charge is 0.317 e. The lowest BCUT2D eigenvalue weighted by molar-refractivity contribution is -0.139. The van der Waals surface area contributed by atoms with Crippen LogP contribution in [0.2, 0.25) is 0 Å². The zero-order valence-electron chi connectivity index (χ0n) is 15.1. The first kappa shape index (κ1) is 18.4. The number of amides is 1. The van der Waals surface area contributed by atoms with Crippen molar-refractivity contribution in [2.75, 3.05) is 31.1 Å². The number of carboxylic acid groups (broad SMARTS) is 1. The summed E-state index contributed by atoms with van der Waals surface area (Å²) in [6.45, 7) is 4.18. The summed E-state index contributed by atoms with van der Waals surface area (Å²) in [7, 11) is 0. The van der Waals surface area contributed by atoms with Crippen molar-refractivity contribution in [1.29, 1.82) is 5.41 Å². The summed E-state index contributed by atoms with van der Waals surface area (Å²) in [5, 5.41) is 16.5. The van der Waals surface area contributed by atoms with Gasteiger partial charge in [-0.2, -0.15) is 0 Å². The second kappa shape index (κ2) is 7.07. The van der Waals surface area contributed by atoms with Crippen molar-refractivity contribution < 1.29 is 14.7 Å². The number of aryl methyl sites for hydroxylation is 1. The van der Waals surface area contributed by atoms with Crippen molar-refractivity contribution >= 4 is 23.4 Å². The Kier molecular flexibility index (Phi) is 5.00. The molecular formula is C19H26N4O3. The molecule has 1 spiro atoms. The van der Waals surface area contributed by atoms with E-state index in [0.717, 1.165) is 43.6 Å². The van der Waals surface area contributed by atoms with Crippen molar-refractivity contribution in [1.82, 2.24) is 4.90 Å². The lowest BCUT2D eigenvalue weighted by Crippen LogP contribution is -2.50. The SMILES string of the molecule is Cc1cc(C(=N)N)ccc1N1CCC2(CCN(CC(=O)O)CC2)CC1=O. The Morgan fingerprint density at radius 1 is 1.27 bits per heavy atom. The molecule has 2 fully saturated rings. The number of anilines is 1. The van der Waals surface area contributed by atoms with E-state index in [-0.39, 0.29) is 23.7 Å². The number of piperidine rings is 2. The highest BCUT2D eigenvalue weighted by atomic mass is 16.4. The number of nitrogens with one attached hydrogen (secondary N) is 1. The molecule has 1 aromatic rings. The van der Waals surface area contributed by atoms with E-state index in [1.54, 1.807) is 6.07 Å². The van der Waals surface area contributed by atoms with Crippen molar-refractivity contribution in [3.63, 3.8) is 0 Å². The number of amidine groups is 1. The number of benzene rings is 1. The molecule has 1 aromatic carbocycles. The fraction of sp³-hybridized carbons (Fsp3) is 0.526. The van der Waals surface area contributed by atoms with E-state index in [0.29, 0.717) is 18.5 Å². The Morgan fingerprint density at radius 3 is 2.46 bits per heavy atom. The summed E-state index contributed by atoms with van der Waals surface area (Å²) in [5.74, 6) is -0.644. The zero-order chi connectivity index (χ0) is 18.9. The number of rotatable bonds is 4. The number of likely N-dealkylation sites (tertiary alicyclic amines) is 1. The Labute approximate surface area is 153 Å².